The SMILES string of the molecule is CCCC(=O)N[C@@H](Cc1c[nH]c2ccccc12)C(=O)N1CCC(C)CC1. The molecule has 0 unspecified atom stereocenters. The molecular weight excluding hydrogens is 326 g/mol. The van der Waals surface area contributed by atoms with Crippen molar-refractivity contribution in [2.75, 3.05) is 13.1 Å². The highest BCUT2D eigenvalue weighted by atomic mass is 16.2. The lowest BCUT2D eigenvalue weighted by Gasteiger charge is -2.33. The maximum absolute atomic E-state index is 13.1. The number of hydrogen-bond acceptors (Lipinski definition) is 2. The van der Waals surface area contributed by atoms with Crippen molar-refractivity contribution >= 4 is 22.7 Å². The molecule has 3 rings (SSSR count). The van der Waals surface area contributed by atoms with Crippen LogP contribution >= 0.6 is 0 Å². The molecule has 5 nitrogen and oxygen atoms in total. The minimum atomic E-state index is -0.498. The van der Waals surface area contributed by atoms with Gasteiger partial charge in [0.05, 0.1) is 0 Å². The smallest absolute Gasteiger partial charge is 0.245 e. The number of likely N-dealkylation sites (tertiary alicyclic amines) is 1. The monoisotopic (exact) mass is 355 g/mol. The van der Waals surface area contributed by atoms with E-state index >= 15 is 0 Å². The van der Waals surface area contributed by atoms with E-state index in [1.54, 1.807) is 0 Å². The van der Waals surface area contributed by atoms with Gasteiger partial charge in [-0.2, -0.15) is 0 Å². The number of nitrogens with one attached hydrogen (secondary N) is 2. The maximum Gasteiger partial charge on any atom is 0.245 e. The summed E-state index contributed by atoms with van der Waals surface area (Å²) in [5, 5.41) is 4.10. The van der Waals surface area contributed by atoms with Crippen LogP contribution in [0.25, 0.3) is 10.9 Å². The van der Waals surface area contributed by atoms with Gasteiger partial charge in [-0.3, -0.25) is 9.59 Å². The summed E-state index contributed by atoms with van der Waals surface area (Å²) < 4.78 is 0. The number of rotatable bonds is 6. The van der Waals surface area contributed by atoms with Gasteiger partial charge in [-0.05, 0) is 36.8 Å². The third-order valence-electron chi connectivity index (χ3n) is 5.30. The highest BCUT2D eigenvalue weighted by molar-refractivity contribution is 5.89. The molecule has 0 bridgehead atoms. The Balaban J connectivity index is 1.78. The summed E-state index contributed by atoms with van der Waals surface area (Å²) >= 11 is 0. The number of aromatic amines is 1. The predicted molar refractivity (Wildman–Crippen MR) is 104 cm³/mol. The minimum Gasteiger partial charge on any atom is -0.361 e. The average molecular weight is 355 g/mol. The Kier molecular flexibility index (Phi) is 5.96. The number of amides is 2. The minimum absolute atomic E-state index is 0.0453. The van der Waals surface area contributed by atoms with Crippen LogP contribution < -0.4 is 5.32 Å². The highest BCUT2D eigenvalue weighted by Gasteiger charge is 2.29. The van der Waals surface area contributed by atoms with Crippen LogP contribution in [-0.2, 0) is 16.0 Å². The molecule has 26 heavy (non-hydrogen) atoms. The largest absolute Gasteiger partial charge is 0.361 e. The molecule has 2 aromatic rings. The van der Waals surface area contributed by atoms with Crippen molar-refractivity contribution in [2.24, 2.45) is 5.92 Å². The van der Waals surface area contributed by atoms with Crippen LogP contribution in [0.4, 0.5) is 0 Å². The number of aromatic nitrogens is 1. The third-order valence-corrected chi connectivity index (χ3v) is 5.30. The molecular formula is C21H29N3O2. The Hall–Kier alpha value is -2.30. The van der Waals surface area contributed by atoms with E-state index < -0.39 is 6.04 Å². The second-order valence-electron chi connectivity index (χ2n) is 7.44. The summed E-state index contributed by atoms with van der Waals surface area (Å²) in [6.07, 6.45) is 5.78. The lowest BCUT2D eigenvalue weighted by Crippen LogP contribution is -2.51. The molecule has 1 aliphatic rings. The summed E-state index contributed by atoms with van der Waals surface area (Å²) in [6.45, 7) is 5.78. The summed E-state index contributed by atoms with van der Waals surface area (Å²) in [6, 6.07) is 7.57. The molecule has 0 saturated carbocycles. The number of carbonyl (C=O) groups is 2. The quantitative estimate of drug-likeness (QED) is 0.835. The van der Waals surface area contributed by atoms with Crippen molar-refractivity contribution in [3.63, 3.8) is 0 Å². The zero-order chi connectivity index (χ0) is 18.5. The molecule has 1 atom stereocenters. The summed E-state index contributed by atoms with van der Waals surface area (Å²) in [5.41, 5.74) is 2.13. The Labute approximate surface area is 155 Å². The van der Waals surface area contributed by atoms with Crippen molar-refractivity contribution in [1.29, 1.82) is 0 Å². The Bertz CT molecular complexity index is 759. The molecule has 1 saturated heterocycles. The van der Waals surface area contributed by atoms with E-state index in [-0.39, 0.29) is 11.8 Å². The van der Waals surface area contributed by atoms with Crippen LogP contribution in [0.15, 0.2) is 30.5 Å². The fraction of sp³-hybridized carbons (Fsp3) is 0.524. The van der Waals surface area contributed by atoms with Gasteiger partial charge < -0.3 is 15.2 Å². The van der Waals surface area contributed by atoms with Crippen LogP contribution in [0.1, 0.15) is 45.1 Å². The van der Waals surface area contributed by atoms with E-state index in [4.69, 9.17) is 0 Å². The molecule has 5 heteroatoms. The fourth-order valence-electron chi connectivity index (χ4n) is 3.66. The Morgan fingerprint density at radius 1 is 1.27 bits per heavy atom. The second-order valence-corrected chi connectivity index (χ2v) is 7.44. The number of carbonyl (C=O) groups excluding carboxylic acids is 2. The number of piperidine rings is 1. The molecule has 0 radical (unpaired) electrons. The molecule has 0 spiro atoms. The standard InChI is InChI=1S/C21H29N3O2/c1-3-6-20(25)23-19(21(26)24-11-9-15(2)10-12-24)13-16-14-22-18-8-5-4-7-17(16)18/h4-5,7-8,14-15,19,22H,3,6,9-13H2,1-2H3,(H,23,25)/t19-/m0/s1. The van der Waals surface area contributed by atoms with Gasteiger partial charge in [-0.25, -0.2) is 0 Å². The molecule has 140 valence electrons. The van der Waals surface area contributed by atoms with Gasteiger partial charge in [-0.1, -0.05) is 32.0 Å². The van der Waals surface area contributed by atoms with Crippen LogP contribution in [-0.4, -0.2) is 40.8 Å². The normalized spacial score (nSPS) is 16.6. The van der Waals surface area contributed by atoms with Gasteiger partial charge in [0.2, 0.25) is 11.8 Å². The number of nitrogens with zero attached hydrogens (tertiary/aromatic N) is 1. The van der Waals surface area contributed by atoms with Crippen molar-refractivity contribution in [1.82, 2.24) is 15.2 Å². The molecule has 2 N–H and O–H groups in total. The summed E-state index contributed by atoms with van der Waals surface area (Å²) in [4.78, 5) is 30.5. The third kappa shape index (κ3) is 4.26. The number of H-pyrrole nitrogens is 1. The van der Waals surface area contributed by atoms with Crippen molar-refractivity contribution < 1.29 is 9.59 Å². The predicted octanol–water partition coefficient (Wildman–Crippen LogP) is 3.25. The first kappa shape index (κ1) is 18.5. The number of hydrogen-bond donors (Lipinski definition) is 2. The lowest BCUT2D eigenvalue weighted by atomic mass is 9.97. The maximum atomic E-state index is 13.1. The zero-order valence-electron chi connectivity index (χ0n) is 15.8. The van der Waals surface area contributed by atoms with E-state index in [0.29, 0.717) is 18.8 Å². The van der Waals surface area contributed by atoms with Crippen molar-refractivity contribution in [3.05, 3.63) is 36.0 Å². The summed E-state index contributed by atoms with van der Waals surface area (Å²) in [7, 11) is 0. The van der Waals surface area contributed by atoms with E-state index in [9.17, 15) is 9.59 Å². The molecule has 0 aliphatic carbocycles. The molecule has 2 amide bonds. The van der Waals surface area contributed by atoms with Gasteiger partial charge in [0, 0.05) is 43.0 Å². The van der Waals surface area contributed by atoms with Crippen LogP contribution in [0.2, 0.25) is 0 Å². The number of para-hydroxylation sites is 1. The van der Waals surface area contributed by atoms with Crippen molar-refractivity contribution in [3.8, 4) is 0 Å². The molecule has 1 aliphatic heterocycles. The topological polar surface area (TPSA) is 65.2 Å². The van der Waals surface area contributed by atoms with Gasteiger partial charge in [-0.15, -0.1) is 0 Å². The van der Waals surface area contributed by atoms with Gasteiger partial charge >= 0.3 is 0 Å². The first-order valence-corrected chi connectivity index (χ1v) is 9.71. The first-order chi connectivity index (χ1) is 12.6. The van der Waals surface area contributed by atoms with E-state index in [0.717, 1.165) is 48.8 Å². The van der Waals surface area contributed by atoms with Crippen molar-refractivity contribution in [2.45, 2.75) is 52.0 Å². The highest BCUT2D eigenvalue weighted by Crippen LogP contribution is 2.21. The molecule has 1 aromatic carbocycles. The van der Waals surface area contributed by atoms with Crippen LogP contribution in [0.3, 0.4) is 0 Å². The fourth-order valence-corrected chi connectivity index (χ4v) is 3.66. The van der Waals surface area contributed by atoms with Crippen LogP contribution in [0, 0.1) is 5.92 Å². The molecule has 1 fully saturated rings. The average Bonchev–Trinajstić information content (AvgIpc) is 3.04. The number of fused-ring (bicyclic) bond motifs is 1. The summed E-state index contributed by atoms with van der Waals surface area (Å²) in [5.74, 6) is 0.670. The Morgan fingerprint density at radius 2 is 2.00 bits per heavy atom. The van der Waals surface area contributed by atoms with Gasteiger partial charge in [0.1, 0.15) is 6.04 Å². The number of benzene rings is 1. The molecule has 2 heterocycles. The molecule has 1 aromatic heterocycles. The van der Waals surface area contributed by atoms with E-state index in [1.807, 2.05) is 36.2 Å². The van der Waals surface area contributed by atoms with Crippen LogP contribution in [0.5, 0.6) is 0 Å². The van der Waals surface area contributed by atoms with E-state index in [2.05, 4.69) is 23.3 Å². The second kappa shape index (κ2) is 8.39. The zero-order valence-corrected chi connectivity index (χ0v) is 15.8. The Morgan fingerprint density at radius 3 is 2.73 bits per heavy atom. The lowest BCUT2D eigenvalue weighted by molar-refractivity contribution is -0.137. The van der Waals surface area contributed by atoms with E-state index in [1.165, 1.54) is 0 Å². The van der Waals surface area contributed by atoms with Gasteiger partial charge in [0.15, 0.2) is 0 Å². The van der Waals surface area contributed by atoms with Gasteiger partial charge in [0.25, 0.3) is 0 Å². The first-order valence-electron chi connectivity index (χ1n) is 9.71.